The van der Waals surface area contributed by atoms with E-state index in [4.69, 9.17) is 5.11 Å². The van der Waals surface area contributed by atoms with Crippen LogP contribution >= 0.6 is 0 Å². The SMILES string of the molecule is CC(=O)NC(CC(C)C)C(=O)CC(=O)C(=O)O. The molecular weight excluding hydrogens is 226 g/mol. The normalized spacial score (nSPS) is 12.0. The first-order valence-electron chi connectivity index (χ1n) is 5.30. The molecule has 6 heteroatoms. The molecule has 0 saturated carbocycles. The average molecular weight is 243 g/mol. The van der Waals surface area contributed by atoms with Crippen LogP contribution in [0.25, 0.3) is 0 Å². The summed E-state index contributed by atoms with van der Waals surface area (Å²) in [7, 11) is 0. The van der Waals surface area contributed by atoms with Crippen LogP contribution in [0.2, 0.25) is 0 Å². The molecule has 0 spiro atoms. The number of hydrogen-bond donors (Lipinski definition) is 2. The predicted molar refractivity (Wildman–Crippen MR) is 59.3 cm³/mol. The fourth-order valence-corrected chi connectivity index (χ4v) is 1.34. The van der Waals surface area contributed by atoms with Gasteiger partial charge in [0.05, 0.1) is 12.5 Å². The van der Waals surface area contributed by atoms with Crippen LogP contribution in [0.1, 0.15) is 33.6 Å². The minimum absolute atomic E-state index is 0.149. The summed E-state index contributed by atoms with van der Waals surface area (Å²) in [5.41, 5.74) is 0. The van der Waals surface area contributed by atoms with Crippen molar-refractivity contribution in [2.45, 2.75) is 39.7 Å². The maximum Gasteiger partial charge on any atom is 0.372 e. The number of carbonyl (C=O) groups is 4. The van der Waals surface area contributed by atoms with Crippen LogP contribution in [0.4, 0.5) is 0 Å². The van der Waals surface area contributed by atoms with Crippen LogP contribution in [0.3, 0.4) is 0 Å². The lowest BCUT2D eigenvalue weighted by atomic mass is 9.97. The van der Waals surface area contributed by atoms with Crippen LogP contribution in [0, 0.1) is 5.92 Å². The molecule has 0 saturated heterocycles. The zero-order valence-electron chi connectivity index (χ0n) is 10.1. The largest absolute Gasteiger partial charge is 0.475 e. The Labute approximate surface area is 99.4 Å². The molecule has 0 aliphatic rings. The van der Waals surface area contributed by atoms with E-state index in [2.05, 4.69) is 5.32 Å². The first-order valence-corrected chi connectivity index (χ1v) is 5.30. The monoisotopic (exact) mass is 243 g/mol. The summed E-state index contributed by atoms with van der Waals surface area (Å²) >= 11 is 0. The molecule has 96 valence electrons. The van der Waals surface area contributed by atoms with E-state index in [1.54, 1.807) is 0 Å². The minimum atomic E-state index is -1.63. The van der Waals surface area contributed by atoms with E-state index in [0.717, 1.165) is 0 Å². The highest BCUT2D eigenvalue weighted by molar-refractivity contribution is 6.36. The summed E-state index contributed by atoms with van der Waals surface area (Å²) in [6, 6.07) is -0.796. The van der Waals surface area contributed by atoms with Gasteiger partial charge in [0.1, 0.15) is 0 Å². The van der Waals surface area contributed by atoms with Crippen molar-refractivity contribution in [2.24, 2.45) is 5.92 Å². The molecule has 6 nitrogen and oxygen atoms in total. The van der Waals surface area contributed by atoms with E-state index in [0.29, 0.717) is 6.42 Å². The second-order valence-corrected chi connectivity index (χ2v) is 4.25. The van der Waals surface area contributed by atoms with E-state index < -0.39 is 30.0 Å². The maximum absolute atomic E-state index is 11.6. The fraction of sp³-hybridized carbons (Fsp3) is 0.636. The third kappa shape index (κ3) is 6.44. The molecule has 0 bridgehead atoms. The molecule has 0 aliphatic carbocycles. The Bertz CT molecular complexity index is 335. The Morgan fingerprint density at radius 3 is 2.06 bits per heavy atom. The van der Waals surface area contributed by atoms with Gasteiger partial charge in [0, 0.05) is 6.92 Å². The highest BCUT2D eigenvalue weighted by atomic mass is 16.4. The third-order valence-electron chi connectivity index (χ3n) is 2.05. The number of carbonyl (C=O) groups excluding carboxylic acids is 3. The average Bonchev–Trinajstić information content (AvgIpc) is 2.14. The molecule has 0 rings (SSSR count). The minimum Gasteiger partial charge on any atom is -0.475 e. The number of Topliss-reactive ketones (excluding diaryl/α,β-unsaturated/α-hetero) is 2. The fourth-order valence-electron chi connectivity index (χ4n) is 1.34. The van der Waals surface area contributed by atoms with E-state index in [1.807, 2.05) is 13.8 Å². The molecule has 2 N–H and O–H groups in total. The number of nitrogens with one attached hydrogen (secondary N) is 1. The van der Waals surface area contributed by atoms with Gasteiger partial charge in [-0.3, -0.25) is 14.4 Å². The van der Waals surface area contributed by atoms with Gasteiger partial charge in [-0.05, 0) is 12.3 Å². The Kier molecular flexibility index (Phi) is 6.09. The number of aliphatic carboxylic acids is 1. The maximum atomic E-state index is 11.6. The van der Waals surface area contributed by atoms with Crippen LogP contribution < -0.4 is 5.32 Å². The van der Waals surface area contributed by atoms with Gasteiger partial charge in [0.2, 0.25) is 11.7 Å². The van der Waals surface area contributed by atoms with E-state index in [9.17, 15) is 19.2 Å². The molecule has 1 amide bonds. The molecule has 0 aromatic heterocycles. The molecule has 1 unspecified atom stereocenters. The summed E-state index contributed by atoms with van der Waals surface area (Å²) in [6.07, 6.45) is -0.307. The summed E-state index contributed by atoms with van der Waals surface area (Å²) in [4.78, 5) is 43.7. The van der Waals surface area contributed by atoms with Crippen molar-refractivity contribution in [3.63, 3.8) is 0 Å². The summed E-state index contributed by atoms with van der Waals surface area (Å²) in [5.74, 6) is -3.60. The van der Waals surface area contributed by atoms with Crippen LogP contribution in [-0.4, -0.2) is 34.6 Å². The zero-order chi connectivity index (χ0) is 13.6. The van der Waals surface area contributed by atoms with Gasteiger partial charge in [-0.2, -0.15) is 0 Å². The van der Waals surface area contributed by atoms with E-state index >= 15 is 0 Å². The van der Waals surface area contributed by atoms with Crippen molar-refractivity contribution in [3.8, 4) is 0 Å². The van der Waals surface area contributed by atoms with Crippen LogP contribution in [0.15, 0.2) is 0 Å². The van der Waals surface area contributed by atoms with Gasteiger partial charge in [-0.25, -0.2) is 4.79 Å². The van der Waals surface area contributed by atoms with Crippen LogP contribution in [-0.2, 0) is 19.2 Å². The predicted octanol–water partition coefficient (Wildman–Crippen LogP) is 0.150. The van der Waals surface area contributed by atoms with Gasteiger partial charge in [-0.1, -0.05) is 13.8 Å². The van der Waals surface area contributed by atoms with Crippen molar-refractivity contribution in [3.05, 3.63) is 0 Å². The summed E-state index contributed by atoms with van der Waals surface area (Å²) in [5, 5.41) is 10.8. The first-order chi connectivity index (χ1) is 7.73. The second-order valence-electron chi connectivity index (χ2n) is 4.25. The molecule has 1 atom stereocenters. The van der Waals surface area contributed by atoms with Crippen molar-refractivity contribution >= 4 is 23.4 Å². The van der Waals surface area contributed by atoms with Gasteiger partial charge in [0.25, 0.3) is 0 Å². The smallest absolute Gasteiger partial charge is 0.372 e. The van der Waals surface area contributed by atoms with Crippen molar-refractivity contribution in [1.29, 1.82) is 0 Å². The van der Waals surface area contributed by atoms with E-state index in [-0.39, 0.29) is 11.8 Å². The Morgan fingerprint density at radius 1 is 1.18 bits per heavy atom. The number of rotatable bonds is 7. The Morgan fingerprint density at radius 2 is 1.71 bits per heavy atom. The number of ketones is 2. The third-order valence-corrected chi connectivity index (χ3v) is 2.05. The highest BCUT2D eigenvalue weighted by Crippen LogP contribution is 2.07. The molecular formula is C11H17NO5. The van der Waals surface area contributed by atoms with Gasteiger partial charge in [0.15, 0.2) is 5.78 Å². The summed E-state index contributed by atoms with van der Waals surface area (Å²) in [6.45, 7) is 4.99. The first kappa shape index (κ1) is 15.3. The Hall–Kier alpha value is -1.72. The molecule has 0 radical (unpaired) electrons. The molecule has 0 aromatic rings. The lowest BCUT2D eigenvalue weighted by Gasteiger charge is -2.17. The van der Waals surface area contributed by atoms with Crippen molar-refractivity contribution < 1.29 is 24.3 Å². The van der Waals surface area contributed by atoms with E-state index in [1.165, 1.54) is 6.92 Å². The number of carboxylic acid groups (broad SMARTS) is 1. The number of amides is 1. The van der Waals surface area contributed by atoms with Gasteiger partial charge >= 0.3 is 5.97 Å². The standard InChI is InChI=1S/C11H17NO5/c1-6(2)4-8(12-7(3)13)9(14)5-10(15)11(16)17/h6,8H,4-5H2,1-3H3,(H,12,13)(H,16,17). The van der Waals surface area contributed by atoms with Crippen molar-refractivity contribution in [1.82, 2.24) is 5.32 Å². The lowest BCUT2D eigenvalue weighted by Crippen LogP contribution is -2.41. The quantitative estimate of drug-likeness (QED) is 0.489. The number of hydrogen-bond acceptors (Lipinski definition) is 4. The molecule has 0 heterocycles. The van der Waals surface area contributed by atoms with Gasteiger partial charge in [-0.15, -0.1) is 0 Å². The van der Waals surface area contributed by atoms with Crippen molar-refractivity contribution in [2.75, 3.05) is 0 Å². The summed E-state index contributed by atoms with van der Waals surface area (Å²) < 4.78 is 0. The Balaban J connectivity index is 4.57. The molecule has 17 heavy (non-hydrogen) atoms. The topological polar surface area (TPSA) is 101 Å². The number of carboxylic acids is 1. The lowest BCUT2D eigenvalue weighted by molar-refractivity contribution is -0.150. The van der Waals surface area contributed by atoms with Gasteiger partial charge < -0.3 is 10.4 Å². The molecule has 0 fully saturated rings. The molecule has 0 aromatic carbocycles. The zero-order valence-corrected chi connectivity index (χ0v) is 10.1. The molecule has 0 aliphatic heterocycles. The second kappa shape index (κ2) is 6.78. The van der Waals surface area contributed by atoms with Crippen LogP contribution in [0.5, 0.6) is 0 Å². The highest BCUT2D eigenvalue weighted by Gasteiger charge is 2.25.